The average Bonchev–Trinajstić information content (AvgIpc) is 2.47. The number of hydrogen-bond donors (Lipinski definition) is 2. The molecule has 21 heavy (non-hydrogen) atoms. The van der Waals surface area contributed by atoms with Crippen molar-refractivity contribution in [3.05, 3.63) is 46.3 Å². The minimum absolute atomic E-state index is 0.226. The summed E-state index contributed by atoms with van der Waals surface area (Å²) >= 11 is 3.31. The number of aromatic nitrogens is 2. The molecule has 0 aliphatic heterocycles. The van der Waals surface area contributed by atoms with Gasteiger partial charge in [-0.05, 0) is 47.5 Å². The Kier molecular flexibility index (Phi) is 5.27. The second-order valence-electron chi connectivity index (χ2n) is 4.61. The molecule has 2 aromatic rings. The predicted molar refractivity (Wildman–Crippen MR) is 87.6 cm³/mol. The Labute approximate surface area is 132 Å². The van der Waals surface area contributed by atoms with E-state index in [1.54, 1.807) is 18.5 Å². The molecule has 0 fully saturated rings. The molecular formula is C15H17BrN4O. The number of nitrogens with one attached hydrogen (secondary N) is 2. The number of nitrogens with zero attached hydrogens (tertiary/aromatic N) is 2. The lowest BCUT2D eigenvalue weighted by Gasteiger charge is -2.12. The largest absolute Gasteiger partial charge is 0.384 e. The number of halogens is 1. The average molecular weight is 349 g/mol. The van der Waals surface area contributed by atoms with Crippen LogP contribution in [0.3, 0.4) is 0 Å². The molecule has 0 saturated carbocycles. The van der Waals surface area contributed by atoms with E-state index >= 15 is 0 Å². The van der Waals surface area contributed by atoms with Crippen molar-refractivity contribution >= 4 is 33.3 Å². The van der Waals surface area contributed by atoms with Gasteiger partial charge in [0.25, 0.3) is 5.91 Å². The van der Waals surface area contributed by atoms with E-state index in [2.05, 4.69) is 43.5 Å². The van der Waals surface area contributed by atoms with Crippen molar-refractivity contribution in [2.75, 3.05) is 17.2 Å². The van der Waals surface area contributed by atoms with Crippen molar-refractivity contribution in [1.82, 2.24) is 9.97 Å². The molecule has 1 amide bonds. The second kappa shape index (κ2) is 7.17. The standard InChI is InChI=1S/C15H17BrN4O/c1-3-6-17-13-7-10(2)18-9-12(13)15(21)20-14-5-4-11(16)8-19-14/h4-5,7-9H,3,6H2,1-2H3,(H,17,18)(H,19,20,21). The van der Waals surface area contributed by atoms with Crippen LogP contribution in [0.1, 0.15) is 29.4 Å². The van der Waals surface area contributed by atoms with Gasteiger partial charge in [-0.2, -0.15) is 0 Å². The molecule has 0 radical (unpaired) electrons. The molecule has 0 saturated heterocycles. The summed E-state index contributed by atoms with van der Waals surface area (Å²) in [5.74, 6) is 0.279. The minimum atomic E-state index is -0.226. The third-order valence-electron chi connectivity index (χ3n) is 2.82. The summed E-state index contributed by atoms with van der Waals surface area (Å²) < 4.78 is 0.864. The monoisotopic (exact) mass is 348 g/mol. The van der Waals surface area contributed by atoms with Crippen molar-refractivity contribution < 1.29 is 4.79 Å². The van der Waals surface area contributed by atoms with Gasteiger partial charge in [0.05, 0.1) is 11.3 Å². The zero-order valence-corrected chi connectivity index (χ0v) is 13.6. The highest BCUT2D eigenvalue weighted by Gasteiger charge is 2.13. The van der Waals surface area contributed by atoms with Gasteiger partial charge in [-0.1, -0.05) is 6.92 Å². The highest BCUT2D eigenvalue weighted by Crippen LogP contribution is 2.18. The number of hydrogen-bond acceptors (Lipinski definition) is 4. The summed E-state index contributed by atoms with van der Waals surface area (Å²) in [6.07, 6.45) is 4.21. The van der Waals surface area contributed by atoms with Gasteiger partial charge in [-0.3, -0.25) is 9.78 Å². The van der Waals surface area contributed by atoms with E-state index in [4.69, 9.17) is 0 Å². The van der Waals surface area contributed by atoms with Crippen LogP contribution in [-0.2, 0) is 0 Å². The lowest BCUT2D eigenvalue weighted by molar-refractivity contribution is 0.102. The number of amides is 1. The number of carbonyl (C=O) groups excluding carboxylic acids is 1. The molecule has 2 rings (SSSR count). The van der Waals surface area contributed by atoms with E-state index in [-0.39, 0.29) is 5.91 Å². The van der Waals surface area contributed by atoms with Gasteiger partial charge >= 0.3 is 0 Å². The Balaban J connectivity index is 2.19. The van der Waals surface area contributed by atoms with Gasteiger partial charge in [0.15, 0.2) is 0 Å². The topological polar surface area (TPSA) is 66.9 Å². The van der Waals surface area contributed by atoms with Gasteiger partial charge in [-0.25, -0.2) is 4.98 Å². The van der Waals surface area contributed by atoms with Gasteiger partial charge in [-0.15, -0.1) is 0 Å². The fourth-order valence-corrected chi connectivity index (χ4v) is 2.01. The number of aryl methyl sites for hydroxylation is 1. The number of pyridine rings is 2. The zero-order valence-electron chi connectivity index (χ0n) is 12.0. The molecule has 0 aromatic carbocycles. The zero-order chi connectivity index (χ0) is 15.2. The Morgan fingerprint density at radius 3 is 2.76 bits per heavy atom. The van der Waals surface area contributed by atoms with Crippen LogP contribution in [0.15, 0.2) is 35.1 Å². The molecule has 0 atom stereocenters. The van der Waals surface area contributed by atoms with Gasteiger partial charge in [0.1, 0.15) is 5.82 Å². The van der Waals surface area contributed by atoms with Crippen LogP contribution < -0.4 is 10.6 Å². The van der Waals surface area contributed by atoms with E-state index in [0.29, 0.717) is 11.4 Å². The maximum Gasteiger partial charge on any atom is 0.260 e. The van der Waals surface area contributed by atoms with Crippen molar-refractivity contribution in [2.45, 2.75) is 20.3 Å². The first kappa shape index (κ1) is 15.4. The first-order chi connectivity index (χ1) is 10.1. The normalized spacial score (nSPS) is 10.2. The van der Waals surface area contributed by atoms with Crippen molar-refractivity contribution in [3.63, 3.8) is 0 Å². The third-order valence-corrected chi connectivity index (χ3v) is 3.29. The van der Waals surface area contributed by atoms with Crippen molar-refractivity contribution in [3.8, 4) is 0 Å². The molecule has 0 aliphatic carbocycles. The van der Waals surface area contributed by atoms with Crippen LogP contribution in [-0.4, -0.2) is 22.4 Å². The lowest BCUT2D eigenvalue weighted by atomic mass is 10.2. The molecule has 2 aromatic heterocycles. The molecule has 2 N–H and O–H groups in total. The molecule has 0 spiro atoms. The van der Waals surface area contributed by atoms with Crippen molar-refractivity contribution in [1.29, 1.82) is 0 Å². The first-order valence-corrected chi connectivity index (χ1v) is 7.53. The molecule has 0 aliphatic rings. The predicted octanol–water partition coefficient (Wildman–Crippen LogP) is 3.62. The summed E-state index contributed by atoms with van der Waals surface area (Å²) in [6.45, 7) is 4.78. The fraction of sp³-hybridized carbons (Fsp3) is 0.267. The smallest absolute Gasteiger partial charge is 0.260 e. The maximum absolute atomic E-state index is 12.4. The summed E-state index contributed by atoms with van der Waals surface area (Å²) in [6, 6.07) is 5.44. The summed E-state index contributed by atoms with van der Waals surface area (Å²) in [5, 5.41) is 6.02. The van der Waals surface area contributed by atoms with E-state index in [9.17, 15) is 4.79 Å². The Morgan fingerprint density at radius 1 is 1.29 bits per heavy atom. The first-order valence-electron chi connectivity index (χ1n) is 6.73. The van der Waals surface area contributed by atoms with Crippen molar-refractivity contribution in [2.24, 2.45) is 0 Å². The Morgan fingerprint density at radius 2 is 2.10 bits per heavy atom. The molecule has 6 heteroatoms. The Bertz CT molecular complexity index is 628. The van der Waals surface area contributed by atoms with Gasteiger partial charge in [0, 0.05) is 29.1 Å². The van der Waals surface area contributed by atoms with E-state index in [1.165, 1.54) is 0 Å². The molecular weight excluding hydrogens is 332 g/mol. The number of carbonyl (C=O) groups is 1. The Hall–Kier alpha value is -1.95. The lowest BCUT2D eigenvalue weighted by Crippen LogP contribution is -2.16. The van der Waals surface area contributed by atoms with E-state index < -0.39 is 0 Å². The summed E-state index contributed by atoms with van der Waals surface area (Å²) in [7, 11) is 0. The van der Waals surface area contributed by atoms with Gasteiger partial charge in [0.2, 0.25) is 0 Å². The number of rotatable bonds is 5. The molecule has 2 heterocycles. The molecule has 110 valence electrons. The highest BCUT2D eigenvalue weighted by molar-refractivity contribution is 9.10. The fourth-order valence-electron chi connectivity index (χ4n) is 1.78. The van der Waals surface area contributed by atoms with Crippen LogP contribution >= 0.6 is 15.9 Å². The van der Waals surface area contributed by atoms with Crippen LogP contribution in [0.5, 0.6) is 0 Å². The molecule has 0 unspecified atom stereocenters. The quantitative estimate of drug-likeness (QED) is 0.865. The number of anilines is 2. The molecule has 0 bridgehead atoms. The second-order valence-corrected chi connectivity index (χ2v) is 5.53. The van der Waals surface area contributed by atoms with E-state index in [1.807, 2.05) is 19.1 Å². The maximum atomic E-state index is 12.4. The third kappa shape index (κ3) is 4.26. The van der Waals surface area contributed by atoms with Crippen LogP contribution in [0.25, 0.3) is 0 Å². The van der Waals surface area contributed by atoms with Gasteiger partial charge < -0.3 is 10.6 Å². The molecule has 5 nitrogen and oxygen atoms in total. The highest BCUT2D eigenvalue weighted by atomic mass is 79.9. The van der Waals surface area contributed by atoms with Crippen LogP contribution in [0.2, 0.25) is 0 Å². The summed E-state index contributed by atoms with van der Waals surface area (Å²) in [4.78, 5) is 20.7. The van der Waals surface area contributed by atoms with Crippen LogP contribution in [0, 0.1) is 6.92 Å². The van der Waals surface area contributed by atoms with E-state index in [0.717, 1.165) is 28.8 Å². The summed E-state index contributed by atoms with van der Waals surface area (Å²) in [5.41, 5.74) is 2.17. The minimum Gasteiger partial charge on any atom is -0.384 e. The van der Waals surface area contributed by atoms with Crippen LogP contribution in [0.4, 0.5) is 11.5 Å². The SMILES string of the molecule is CCCNc1cc(C)ncc1C(=O)Nc1ccc(Br)cn1.